The van der Waals surface area contributed by atoms with Gasteiger partial charge in [-0.05, 0) is 118 Å². The minimum Gasteiger partial charge on any atom is -0.481 e. The molecule has 0 saturated heterocycles. The van der Waals surface area contributed by atoms with Crippen LogP contribution >= 0.6 is 11.6 Å². The topological polar surface area (TPSA) is 95.0 Å². The number of Topliss-reactive ketones (excluding diaryl/α,β-unsaturated/α-hetero) is 1. The summed E-state index contributed by atoms with van der Waals surface area (Å²) in [6, 6.07) is 5.81. The molecule has 0 unspecified atom stereocenters. The summed E-state index contributed by atoms with van der Waals surface area (Å²) in [5.74, 6) is -1.23. The maximum atomic E-state index is 14.9. The molecule has 0 spiro atoms. The molecule has 0 aromatic carbocycles. The van der Waals surface area contributed by atoms with E-state index in [0.29, 0.717) is 17.9 Å². The van der Waals surface area contributed by atoms with Crippen LogP contribution in [0.25, 0.3) is 6.08 Å². The Hall–Kier alpha value is -1.41. The van der Waals surface area contributed by atoms with E-state index in [9.17, 15) is 14.7 Å². The number of carbonyl (C=O) groups is 2. The molecule has 0 bridgehead atoms. The molecule has 0 radical (unpaired) electrons. The molecule has 1 aromatic heterocycles. The lowest BCUT2D eigenvalue weighted by atomic mass is 9.71. The Labute approximate surface area is 358 Å². The van der Waals surface area contributed by atoms with Gasteiger partial charge in [0.05, 0.1) is 30.4 Å². The van der Waals surface area contributed by atoms with Crippen LogP contribution in [0, 0.1) is 17.3 Å². The second-order valence-electron chi connectivity index (χ2n) is 21.7. The average molecular weight is 867 g/mol. The van der Waals surface area contributed by atoms with Crippen molar-refractivity contribution < 1.29 is 28.0 Å². The first kappa shape index (κ1) is 53.6. The van der Waals surface area contributed by atoms with Gasteiger partial charge in [-0.2, -0.15) is 0 Å². The van der Waals surface area contributed by atoms with Crippen molar-refractivity contribution in [1.82, 2.24) is 4.98 Å². The van der Waals surface area contributed by atoms with Crippen LogP contribution in [0.5, 0.6) is 0 Å². The van der Waals surface area contributed by atoms with Crippen molar-refractivity contribution in [2.75, 3.05) is 0 Å². The first-order valence-electron chi connectivity index (χ1n) is 21.3. The maximum absolute atomic E-state index is 14.9. The highest BCUT2D eigenvalue weighted by Crippen LogP contribution is 2.45. The van der Waals surface area contributed by atoms with Crippen molar-refractivity contribution in [3.8, 4) is 0 Å². The molecule has 1 N–H and O–H groups in total. The van der Waals surface area contributed by atoms with E-state index in [0.717, 1.165) is 25.0 Å². The van der Waals surface area contributed by atoms with Gasteiger partial charge in [0.1, 0.15) is 5.78 Å². The number of aliphatic carboxylic acids is 1. The summed E-state index contributed by atoms with van der Waals surface area (Å²) in [6.07, 6.45) is 8.43. The summed E-state index contributed by atoms with van der Waals surface area (Å²) in [5, 5.41) is 10.5. The number of carboxylic acids is 1. The first-order valence-corrected chi connectivity index (χ1v) is 30.4. The number of carboxylic acid groups (broad SMARTS) is 1. The molecule has 11 heteroatoms. The molecular formula is C46H84ClNO6Si3. The minimum atomic E-state index is -2.40. The molecule has 1 heterocycles. The van der Waals surface area contributed by atoms with Gasteiger partial charge in [0.25, 0.3) is 0 Å². The van der Waals surface area contributed by atoms with E-state index in [1.54, 1.807) is 6.20 Å². The second-order valence-corrected chi connectivity index (χ2v) is 36.4. The number of nitrogens with zero attached hydrogens (tertiary/aromatic N) is 1. The number of allylic oxidation sites excluding steroid dienone is 1. The number of hydrogen-bond donors (Lipinski definition) is 1. The lowest BCUT2D eigenvalue weighted by molar-refractivity contribution is -0.147. The van der Waals surface area contributed by atoms with Gasteiger partial charge in [0, 0.05) is 22.6 Å². The maximum Gasteiger partial charge on any atom is 0.305 e. The fraction of sp³-hybridized carbons (Fsp3) is 0.761. The second kappa shape index (κ2) is 20.9. The van der Waals surface area contributed by atoms with E-state index in [-0.39, 0.29) is 45.4 Å². The number of ketones is 1. The molecular weight excluding hydrogens is 782 g/mol. The molecule has 328 valence electrons. The highest BCUT2D eigenvalue weighted by molar-refractivity contribution is 6.75. The number of hydrogen-bond acceptors (Lipinski definition) is 6. The molecule has 0 fully saturated rings. The summed E-state index contributed by atoms with van der Waals surface area (Å²) in [5.41, 5.74) is 1.06. The molecule has 5 atom stereocenters. The Kier molecular flexibility index (Phi) is 19.7. The predicted molar refractivity (Wildman–Crippen MR) is 250 cm³/mol. The van der Waals surface area contributed by atoms with Crippen molar-refractivity contribution in [3.63, 3.8) is 0 Å². The fourth-order valence-electron chi connectivity index (χ4n) is 6.17. The van der Waals surface area contributed by atoms with Gasteiger partial charge in [0.15, 0.2) is 25.0 Å². The van der Waals surface area contributed by atoms with E-state index in [4.69, 9.17) is 24.9 Å². The third kappa shape index (κ3) is 15.9. The molecule has 0 aliphatic carbocycles. The highest BCUT2D eigenvalue weighted by Gasteiger charge is 2.50. The van der Waals surface area contributed by atoms with E-state index >= 15 is 0 Å². The number of halogens is 1. The summed E-state index contributed by atoms with van der Waals surface area (Å²) in [6.45, 7) is 43.4. The van der Waals surface area contributed by atoms with Gasteiger partial charge in [-0.25, -0.2) is 0 Å². The number of carbonyl (C=O) groups excluding carboxylic acids is 1. The van der Waals surface area contributed by atoms with Crippen LogP contribution in [0.2, 0.25) is 54.4 Å². The highest BCUT2D eigenvalue weighted by atomic mass is 35.5. The van der Waals surface area contributed by atoms with Crippen LogP contribution in [0.15, 0.2) is 41.1 Å². The Bertz CT molecular complexity index is 1500. The molecule has 0 saturated carbocycles. The van der Waals surface area contributed by atoms with E-state index in [1.807, 2.05) is 38.1 Å². The van der Waals surface area contributed by atoms with Crippen molar-refractivity contribution in [2.45, 2.75) is 208 Å². The number of rotatable bonds is 22. The lowest BCUT2D eigenvalue weighted by Crippen LogP contribution is -2.54. The van der Waals surface area contributed by atoms with Crippen LogP contribution in [-0.2, 0) is 22.9 Å². The quantitative estimate of drug-likeness (QED) is 0.0916. The minimum absolute atomic E-state index is 0.0324. The monoisotopic (exact) mass is 866 g/mol. The zero-order chi connectivity index (χ0) is 44.6. The van der Waals surface area contributed by atoms with Gasteiger partial charge < -0.3 is 18.4 Å². The normalized spacial score (nSPS) is 17.2. The van der Waals surface area contributed by atoms with E-state index in [2.05, 4.69) is 133 Å². The summed E-state index contributed by atoms with van der Waals surface area (Å²) < 4.78 is 20.9. The van der Waals surface area contributed by atoms with Crippen LogP contribution in [0.4, 0.5) is 0 Å². The standard InChI is InChI=1S/C46H84ClNO6Si3/c1-21-36(42(51)46(13,14)39(32-40(49)50)53-56(17,18)44(7,8)9)41(54-57(19,20)45(10,11)12)34(3)26-24-25-33(2)28-29-38(52-55(15,16)43(4,5)6)37(47)31-35-27-22-23-30-48-35/h22-23,27-28,30-31,34,36,38-39,41H,21,24-26,29,32H2,1-20H3,(H,49,50)/t34-,36+,38-,39-,41-/m0/s1. The van der Waals surface area contributed by atoms with Crippen molar-refractivity contribution in [3.05, 3.63) is 46.8 Å². The summed E-state index contributed by atoms with van der Waals surface area (Å²) in [7, 11) is -6.83. The van der Waals surface area contributed by atoms with Crippen molar-refractivity contribution in [2.24, 2.45) is 17.3 Å². The van der Waals surface area contributed by atoms with Crippen LogP contribution in [0.1, 0.15) is 141 Å². The number of pyridine rings is 1. The SMILES string of the molecule is CC[C@@H](C(=O)C(C)(C)[C@H](CC(=O)O)O[Si](C)(C)C(C)(C)C)[C@@H](O[Si](C)(C)C(C)(C)C)[C@@H](C)CCCC(C)=CC[C@H](O[Si](C)(C)C(C)(C)C)C(Cl)=Cc1ccccn1. The van der Waals surface area contributed by atoms with Crippen LogP contribution in [-0.4, -0.2) is 65.1 Å². The van der Waals surface area contributed by atoms with Gasteiger partial charge in [-0.1, -0.05) is 119 Å². The number of aromatic nitrogens is 1. The van der Waals surface area contributed by atoms with E-state index < -0.39 is 48.4 Å². The average Bonchev–Trinajstić information content (AvgIpc) is 3.04. The molecule has 1 rings (SSSR count). The molecule has 0 aliphatic heterocycles. The molecule has 0 amide bonds. The van der Waals surface area contributed by atoms with Crippen molar-refractivity contribution in [1.29, 1.82) is 0 Å². The largest absolute Gasteiger partial charge is 0.481 e. The Morgan fingerprint density at radius 3 is 1.81 bits per heavy atom. The van der Waals surface area contributed by atoms with Crippen molar-refractivity contribution >= 4 is 54.4 Å². The molecule has 7 nitrogen and oxygen atoms in total. The zero-order valence-corrected chi connectivity index (χ0v) is 43.7. The van der Waals surface area contributed by atoms with Crippen LogP contribution in [0.3, 0.4) is 0 Å². The molecule has 0 aliphatic rings. The van der Waals surface area contributed by atoms with Crippen LogP contribution < -0.4 is 0 Å². The molecule has 57 heavy (non-hydrogen) atoms. The third-order valence-corrected chi connectivity index (χ3v) is 27.2. The Morgan fingerprint density at radius 1 is 0.842 bits per heavy atom. The Balaban J connectivity index is 3.44. The van der Waals surface area contributed by atoms with Gasteiger partial charge >= 0.3 is 5.97 Å². The summed E-state index contributed by atoms with van der Waals surface area (Å²) in [4.78, 5) is 31.6. The third-order valence-electron chi connectivity index (χ3n) is 13.4. The zero-order valence-electron chi connectivity index (χ0n) is 39.9. The Morgan fingerprint density at radius 2 is 1.35 bits per heavy atom. The lowest BCUT2D eigenvalue weighted by Gasteiger charge is -2.47. The van der Waals surface area contributed by atoms with Gasteiger partial charge in [-0.15, -0.1) is 0 Å². The smallest absolute Gasteiger partial charge is 0.305 e. The first-order chi connectivity index (χ1) is 25.6. The van der Waals surface area contributed by atoms with E-state index in [1.165, 1.54) is 5.57 Å². The van der Waals surface area contributed by atoms with Gasteiger partial charge in [0.2, 0.25) is 0 Å². The van der Waals surface area contributed by atoms with Gasteiger partial charge in [-0.3, -0.25) is 14.6 Å². The summed E-state index contributed by atoms with van der Waals surface area (Å²) >= 11 is 7.00. The molecule has 1 aromatic rings. The predicted octanol–water partition coefficient (Wildman–Crippen LogP) is 14.1. The fourth-order valence-corrected chi connectivity index (χ4v) is 10.7.